The van der Waals surface area contributed by atoms with Crippen molar-refractivity contribution in [3.8, 4) is 0 Å². The summed E-state index contributed by atoms with van der Waals surface area (Å²) in [6.07, 6.45) is -4.45. The van der Waals surface area contributed by atoms with Gasteiger partial charge in [-0.25, -0.2) is 8.42 Å². The van der Waals surface area contributed by atoms with Crippen LogP contribution in [-0.2, 0) is 16.0 Å². The molecule has 0 amide bonds. The second-order valence-corrected chi connectivity index (χ2v) is 7.66. The zero-order chi connectivity index (χ0) is 15.4. The van der Waals surface area contributed by atoms with Crippen LogP contribution in [0, 0.1) is 0 Å². The number of nitrogens with one attached hydrogen (secondary N) is 1. The summed E-state index contributed by atoms with van der Waals surface area (Å²) in [5.41, 5.74) is -0.529. The predicted octanol–water partition coefficient (Wildman–Crippen LogP) is 1.57. The molecule has 2 fully saturated rings. The van der Waals surface area contributed by atoms with Gasteiger partial charge in [0.1, 0.15) is 0 Å². The number of nitrogens with zero attached hydrogens (tertiary/aromatic N) is 1. The van der Waals surface area contributed by atoms with Crippen molar-refractivity contribution < 1.29 is 21.6 Å². The molecule has 2 aliphatic rings. The highest BCUT2D eigenvalue weighted by atomic mass is 32.2. The maximum absolute atomic E-state index is 12.8. The van der Waals surface area contributed by atoms with Crippen LogP contribution in [0.5, 0.6) is 0 Å². The Kier molecular flexibility index (Phi) is 3.17. The molecule has 0 saturated carbocycles. The molecule has 2 atom stereocenters. The molecule has 3 rings (SSSR count). The van der Waals surface area contributed by atoms with Gasteiger partial charge in [-0.2, -0.15) is 13.2 Å². The van der Waals surface area contributed by atoms with Crippen LogP contribution in [0.25, 0.3) is 0 Å². The molecule has 1 N–H and O–H groups in total. The lowest BCUT2D eigenvalue weighted by molar-refractivity contribution is -0.137. The minimum Gasteiger partial charge on any atom is -0.356 e. The SMILES string of the molecule is O=S1(=O)C[C@H]2NC(=S)N(c3cccc(C(F)(F)F)c3)[C@H]2C1. The van der Waals surface area contributed by atoms with Gasteiger partial charge < -0.3 is 10.2 Å². The first-order chi connectivity index (χ1) is 9.67. The summed E-state index contributed by atoms with van der Waals surface area (Å²) < 4.78 is 61.7. The van der Waals surface area contributed by atoms with Gasteiger partial charge in [-0.15, -0.1) is 0 Å². The number of hydrogen-bond acceptors (Lipinski definition) is 3. The number of alkyl halides is 3. The number of sulfone groups is 1. The monoisotopic (exact) mass is 336 g/mol. The van der Waals surface area contributed by atoms with Gasteiger partial charge >= 0.3 is 6.18 Å². The number of hydrogen-bond donors (Lipinski definition) is 1. The Balaban J connectivity index is 1.98. The van der Waals surface area contributed by atoms with E-state index in [-0.39, 0.29) is 28.3 Å². The topological polar surface area (TPSA) is 49.4 Å². The van der Waals surface area contributed by atoms with Gasteiger partial charge in [0, 0.05) is 5.69 Å². The first-order valence-electron chi connectivity index (χ1n) is 6.15. The van der Waals surface area contributed by atoms with Crippen molar-refractivity contribution in [1.82, 2.24) is 5.32 Å². The van der Waals surface area contributed by atoms with Gasteiger partial charge in [0.2, 0.25) is 0 Å². The third-order valence-electron chi connectivity index (χ3n) is 3.63. The number of rotatable bonds is 1. The van der Waals surface area contributed by atoms with Crippen LogP contribution in [0.1, 0.15) is 5.56 Å². The zero-order valence-corrected chi connectivity index (χ0v) is 12.2. The van der Waals surface area contributed by atoms with Gasteiger partial charge in [-0.1, -0.05) is 6.07 Å². The van der Waals surface area contributed by atoms with Crippen molar-refractivity contribution in [1.29, 1.82) is 0 Å². The van der Waals surface area contributed by atoms with E-state index in [1.807, 2.05) is 0 Å². The third kappa shape index (κ3) is 2.59. The fraction of sp³-hybridized carbons (Fsp3) is 0.417. The van der Waals surface area contributed by atoms with Crippen molar-refractivity contribution in [2.75, 3.05) is 16.4 Å². The third-order valence-corrected chi connectivity index (χ3v) is 5.66. The molecule has 1 aromatic rings. The molecule has 0 aromatic heterocycles. The summed E-state index contributed by atoms with van der Waals surface area (Å²) in [6.45, 7) is 0. The van der Waals surface area contributed by atoms with Crippen LogP contribution in [0.2, 0.25) is 0 Å². The molecular weight excluding hydrogens is 325 g/mol. The van der Waals surface area contributed by atoms with Crippen LogP contribution < -0.4 is 10.2 Å². The van der Waals surface area contributed by atoms with E-state index in [1.54, 1.807) is 0 Å². The fourth-order valence-electron chi connectivity index (χ4n) is 2.74. The molecule has 4 nitrogen and oxygen atoms in total. The minimum atomic E-state index is -4.45. The number of fused-ring (bicyclic) bond motifs is 1. The summed E-state index contributed by atoms with van der Waals surface area (Å²) in [7, 11) is -3.19. The molecule has 2 aliphatic heterocycles. The molecule has 0 radical (unpaired) electrons. The van der Waals surface area contributed by atoms with Crippen molar-refractivity contribution in [2.45, 2.75) is 18.3 Å². The van der Waals surface area contributed by atoms with E-state index in [0.717, 1.165) is 12.1 Å². The molecule has 0 spiro atoms. The Morgan fingerprint density at radius 2 is 2.00 bits per heavy atom. The number of halogens is 3. The Hall–Kier alpha value is -1.35. The van der Waals surface area contributed by atoms with Crippen molar-refractivity contribution in [3.63, 3.8) is 0 Å². The minimum absolute atomic E-state index is 0.0483. The van der Waals surface area contributed by atoms with E-state index < -0.39 is 27.6 Å². The molecule has 1 aromatic carbocycles. The van der Waals surface area contributed by atoms with Crippen molar-refractivity contribution >= 4 is 32.9 Å². The Morgan fingerprint density at radius 1 is 1.29 bits per heavy atom. The molecule has 114 valence electrons. The lowest BCUT2D eigenvalue weighted by Gasteiger charge is -2.24. The van der Waals surface area contributed by atoms with E-state index >= 15 is 0 Å². The average molecular weight is 336 g/mol. The summed E-state index contributed by atoms with van der Waals surface area (Å²) in [6, 6.07) is 3.93. The number of benzene rings is 1. The van der Waals surface area contributed by atoms with Crippen LogP contribution in [0.15, 0.2) is 24.3 Å². The highest BCUT2D eigenvalue weighted by Gasteiger charge is 2.47. The van der Waals surface area contributed by atoms with E-state index in [9.17, 15) is 21.6 Å². The van der Waals surface area contributed by atoms with E-state index in [4.69, 9.17) is 12.2 Å². The molecule has 2 saturated heterocycles. The average Bonchev–Trinajstić information content (AvgIpc) is 2.78. The summed E-state index contributed by atoms with van der Waals surface area (Å²) in [4.78, 5) is 1.47. The van der Waals surface area contributed by atoms with E-state index in [0.29, 0.717) is 0 Å². The highest BCUT2D eigenvalue weighted by molar-refractivity contribution is 7.91. The van der Waals surface area contributed by atoms with Crippen LogP contribution in [-0.4, -0.2) is 37.1 Å². The van der Waals surface area contributed by atoms with E-state index in [1.165, 1.54) is 17.0 Å². The zero-order valence-electron chi connectivity index (χ0n) is 10.6. The van der Waals surface area contributed by atoms with Gasteiger partial charge in [0.05, 0.1) is 29.2 Å². The Morgan fingerprint density at radius 3 is 2.67 bits per heavy atom. The van der Waals surface area contributed by atoms with Gasteiger partial charge in [0.25, 0.3) is 0 Å². The van der Waals surface area contributed by atoms with Gasteiger partial charge in [-0.05, 0) is 30.4 Å². The maximum atomic E-state index is 12.8. The highest BCUT2D eigenvalue weighted by Crippen LogP contribution is 2.34. The van der Waals surface area contributed by atoms with Crippen LogP contribution in [0.4, 0.5) is 18.9 Å². The van der Waals surface area contributed by atoms with E-state index in [2.05, 4.69) is 5.32 Å². The molecule has 0 aliphatic carbocycles. The second-order valence-electron chi connectivity index (χ2n) is 5.12. The van der Waals surface area contributed by atoms with Crippen molar-refractivity contribution in [3.05, 3.63) is 29.8 Å². The molecule has 0 unspecified atom stereocenters. The molecule has 21 heavy (non-hydrogen) atoms. The largest absolute Gasteiger partial charge is 0.416 e. The first kappa shape index (κ1) is 14.6. The second kappa shape index (κ2) is 4.57. The maximum Gasteiger partial charge on any atom is 0.416 e. The molecule has 2 heterocycles. The van der Waals surface area contributed by atoms with Gasteiger partial charge in [0.15, 0.2) is 14.9 Å². The predicted molar refractivity (Wildman–Crippen MR) is 75.9 cm³/mol. The summed E-state index contributed by atoms with van der Waals surface area (Å²) in [5, 5.41) is 3.14. The lowest BCUT2D eigenvalue weighted by Crippen LogP contribution is -2.36. The lowest BCUT2D eigenvalue weighted by atomic mass is 10.1. The molecule has 9 heteroatoms. The smallest absolute Gasteiger partial charge is 0.356 e. The van der Waals surface area contributed by atoms with Crippen LogP contribution >= 0.6 is 12.2 Å². The Bertz CT molecular complexity index is 703. The molecular formula is C12H11F3N2O2S2. The standard InChI is InChI=1S/C12H11F3N2O2S2/c13-12(14,15)7-2-1-3-8(4-7)17-10-6-21(18,19)5-9(10)16-11(17)20/h1-4,9-10H,5-6H2,(H,16,20)/t9-,10+/m1/s1. The van der Waals surface area contributed by atoms with Crippen molar-refractivity contribution in [2.24, 2.45) is 0 Å². The quantitative estimate of drug-likeness (QED) is 0.789. The Labute approximate surface area is 124 Å². The summed E-state index contributed by atoms with van der Waals surface area (Å²) >= 11 is 5.13. The number of thiocarbonyl (C=S) groups is 1. The molecule has 0 bridgehead atoms. The fourth-order valence-corrected chi connectivity index (χ4v) is 5.02. The normalized spacial score (nSPS) is 27.6. The van der Waals surface area contributed by atoms with Gasteiger partial charge in [-0.3, -0.25) is 0 Å². The van der Waals surface area contributed by atoms with Crippen LogP contribution in [0.3, 0.4) is 0 Å². The first-order valence-corrected chi connectivity index (χ1v) is 8.38. The summed E-state index contributed by atoms with van der Waals surface area (Å²) in [5.74, 6) is -0.158. The number of anilines is 1.